The highest BCUT2D eigenvalue weighted by Gasteiger charge is 2.19. The second kappa shape index (κ2) is 6.54. The lowest BCUT2D eigenvalue weighted by atomic mass is 10.1. The summed E-state index contributed by atoms with van der Waals surface area (Å²) in [5.41, 5.74) is 3.25. The minimum Gasteiger partial charge on any atom is -0.478 e. The number of nitrogens with one attached hydrogen (secondary N) is 1. The molecule has 1 aromatic carbocycles. The highest BCUT2D eigenvalue weighted by Crippen LogP contribution is 2.19. The van der Waals surface area contributed by atoms with Gasteiger partial charge in [-0.25, -0.2) is 4.79 Å². The van der Waals surface area contributed by atoms with Crippen LogP contribution in [0.5, 0.6) is 0 Å². The molecule has 0 fully saturated rings. The van der Waals surface area contributed by atoms with Gasteiger partial charge >= 0.3 is 5.97 Å². The van der Waals surface area contributed by atoms with Crippen LogP contribution in [0.2, 0.25) is 0 Å². The van der Waals surface area contributed by atoms with E-state index in [0.717, 1.165) is 16.8 Å². The van der Waals surface area contributed by atoms with Crippen LogP contribution in [0.3, 0.4) is 0 Å². The molecule has 2 rings (SSSR count). The molecule has 0 unspecified atom stereocenters. The second-order valence-corrected chi connectivity index (χ2v) is 5.35. The second-order valence-electron chi connectivity index (χ2n) is 5.35. The van der Waals surface area contributed by atoms with Gasteiger partial charge in [0.25, 0.3) is 0 Å². The average Bonchev–Trinajstić information content (AvgIpc) is 2.43. The average molecular weight is 288 g/mol. The van der Waals surface area contributed by atoms with Gasteiger partial charge in [-0.15, -0.1) is 0 Å². The van der Waals surface area contributed by atoms with Crippen molar-refractivity contribution in [1.82, 2.24) is 4.90 Å². The topological polar surface area (TPSA) is 69.6 Å². The van der Waals surface area contributed by atoms with Crippen molar-refractivity contribution >= 4 is 17.6 Å². The lowest BCUT2D eigenvalue weighted by Crippen LogP contribution is -2.38. The number of carbonyl (C=O) groups is 2. The first kappa shape index (κ1) is 15.3. The summed E-state index contributed by atoms with van der Waals surface area (Å²) in [6.45, 7) is 5.13. The fraction of sp³-hybridized carbons (Fsp3) is 0.375. The first-order valence-corrected chi connectivity index (χ1v) is 6.98. The van der Waals surface area contributed by atoms with Gasteiger partial charge in [0, 0.05) is 24.4 Å². The number of hydrogen-bond donors (Lipinski definition) is 2. The van der Waals surface area contributed by atoms with E-state index in [1.165, 1.54) is 0 Å². The Kier molecular flexibility index (Phi) is 4.75. The maximum absolute atomic E-state index is 12.1. The number of rotatable bonds is 4. The number of aryl methyl sites for hydroxylation is 2. The molecule has 0 aliphatic carbocycles. The maximum Gasteiger partial charge on any atom is 0.332 e. The van der Waals surface area contributed by atoms with Crippen LogP contribution in [0.15, 0.2) is 29.8 Å². The molecule has 5 nitrogen and oxygen atoms in total. The number of para-hydroxylation sites is 1. The van der Waals surface area contributed by atoms with E-state index in [1.54, 1.807) is 6.08 Å². The van der Waals surface area contributed by atoms with Crippen LogP contribution in [-0.2, 0) is 9.59 Å². The molecule has 0 saturated carbocycles. The van der Waals surface area contributed by atoms with E-state index in [9.17, 15) is 9.59 Å². The zero-order chi connectivity index (χ0) is 15.4. The number of benzene rings is 1. The van der Waals surface area contributed by atoms with E-state index in [4.69, 9.17) is 5.11 Å². The maximum atomic E-state index is 12.1. The van der Waals surface area contributed by atoms with Crippen LogP contribution in [0.1, 0.15) is 17.5 Å². The molecule has 112 valence electrons. The highest BCUT2D eigenvalue weighted by atomic mass is 16.4. The van der Waals surface area contributed by atoms with E-state index in [0.29, 0.717) is 25.1 Å². The van der Waals surface area contributed by atoms with E-state index in [-0.39, 0.29) is 12.5 Å². The van der Waals surface area contributed by atoms with Crippen molar-refractivity contribution < 1.29 is 14.7 Å². The number of carboxylic acids is 1. The summed E-state index contributed by atoms with van der Waals surface area (Å²) < 4.78 is 0. The van der Waals surface area contributed by atoms with Gasteiger partial charge < -0.3 is 10.4 Å². The van der Waals surface area contributed by atoms with Gasteiger partial charge in [-0.3, -0.25) is 9.69 Å². The Morgan fingerprint density at radius 3 is 2.57 bits per heavy atom. The van der Waals surface area contributed by atoms with Gasteiger partial charge in [0.1, 0.15) is 0 Å². The normalized spacial score (nSPS) is 15.4. The standard InChI is InChI=1S/C16H20N2O3/c1-11-5-3-6-12(2)15(11)17-14(19)10-18-8-4-7-13(9-18)16(20)21/h3,5-7H,4,8-10H2,1-2H3,(H,17,19)(H,20,21). The zero-order valence-corrected chi connectivity index (χ0v) is 12.3. The first-order valence-electron chi connectivity index (χ1n) is 6.98. The van der Waals surface area contributed by atoms with Crippen LogP contribution in [0.25, 0.3) is 0 Å². The number of nitrogens with zero attached hydrogens (tertiary/aromatic N) is 1. The summed E-state index contributed by atoms with van der Waals surface area (Å²) in [6, 6.07) is 5.86. The molecule has 21 heavy (non-hydrogen) atoms. The van der Waals surface area contributed by atoms with Gasteiger partial charge in [0.15, 0.2) is 0 Å². The van der Waals surface area contributed by atoms with E-state index < -0.39 is 5.97 Å². The molecule has 5 heteroatoms. The van der Waals surface area contributed by atoms with Crippen LogP contribution in [0.4, 0.5) is 5.69 Å². The molecule has 2 N–H and O–H groups in total. The van der Waals surface area contributed by atoms with Gasteiger partial charge in [-0.05, 0) is 31.4 Å². The van der Waals surface area contributed by atoms with E-state index >= 15 is 0 Å². The summed E-state index contributed by atoms with van der Waals surface area (Å²) in [6.07, 6.45) is 2.39. The Balaban J connectivity index is 1.97. The number of carboxylic acid groups (broad SMARTS) is 1. The third-order valence-corrected chi connectivity index (χ3v) is 3.62. The molecule has 1 aliphatic rings. The van der Waals surface area contributed by atoms with E-state index in [2.05, 4.69) is 5.32 Å². The SMILES string of the molecule is Cc1cccc(C)c1NC(=O)CN1CCC=C(C(=O)O)C1. The Morgan fingerprint density at radius 2 is 1.95 bits per heavy atom. The molecule has 1 aliphatic heterocycles. The number of hydrogen-bond acceptors (Lipinski definition) is 3. The highest BCUT2D eigenvalue weighted by molar-refractivity contribution is 5.94. The quantitative estimate of drug-likeness (QED) is 0.888. The lowest BCUT2D eigenvalue weighted by molar-refractivity contribution is -0.133. The van der Waals surface area contributed by atoms with Crippen molar-refractivity contribution in [2.45, 2.75) is 20.3 Å². The van der Waals surface area contributed by atoms with Crippen LogP contribution in [0, 0.1) is 13.8 Å². The smallest absolute Gasteiger partial charge is 0.332 e. The predicted molar refractivity (Wildman–Crippen MR) is 81.3 cm³/mol. The van der Waals surface area contributed by atoms with Crippen LogP contribution in [-0.4, -0.2) is 41.5 Å². The Labute approximate surface area is 124 Å². The Hall–Kier alpha value is -2.14. The fourth-order valence-electron chi connectivity index (χ4n) is 2.49. The minimum absolute atomic E-state index is 0.112. The van der Waals surface area contributed by atoms with Crippen molar-refractivity contribution in [3.8, 4) is 0 Å². The molecule has 0 bridgehead atoms. The van der Waals surface area contributed by atoms with Crippen molar-refractivity contribution in [2.24, 2.45) is 0 Å². The monoisotopic (exact) mass is 288 g/mol. The van der Waals surface area contributed by atoms with E-state index in [1.807, 2.05) is 36.9 Å². The fourth-order valence-corrected chi connectivity index (χ4v) is 2.49. The lowest BCUT2D eigenvalue weighted by Gasteiger charge is -2.25. The van der Waals surface area contributed by atoms with Gasteiger partial charge in [-0.1, -0.05) is 24.3 Å². The largest absolute Gasteiger partial charge is 0.478 e. The Morgan fingerprint density at radius 1 is 1.29 bits per heavy atom. The Bertz CT molecular complexity index is 573. The number of carbonyl (C=O) groups excluding carboxylic acids is 1. The third kappa shape index (κ3) is 3.92. The summed E-state index contributed by atoms with van der Waals surface area (Å²) >= 11 is 0. The number of aliphatic carboxylic acids is 1. The van der Waals surface area contributed by atoms with Crippen molar-refractivity contribution in [3.05, 3.63) is 41.0 Å². The number of amides is 1. The van der Waals surface area contributed by atoms with Gasteiger partial charge in [0.2, 0.25) is 5.91 Å². The molecular formula is C16H20N2O3. The molecule has 1 heterocycles. The van der Waals surface area contributed by atoms with Gasteiger partial charge in [-0.2, -0.15) is 0 Å². The summed E-state index contributed by atoms with van der Waals surface area (Å²) in [7, 11) is 0. The molecule has 1 amide bonds. The van der Waals surface area contributed by atoms with Crippen LogP contribution >= 0.6 is 0 Å². The molecule has 0 radical (unpaired) electrons. The zero-order valence-electron chi connectivity index (χ0n) is 12.3. The molecule has 0 aromatic heterocycles. The van der Waals surface area contributed by atoms with Gasteiger partial charge in [0.05, 0.1) is 6.54 Å². The summed E-state index contributed by atoms with van der Waals surface area (Å²) in [5, 5.41) is 11.9. The first-order chi connectivity index (χ1) is 9.97. The molecule has 0 saturated heterocycles. The van der Waals surface area contributed by atoms with Crippen molar-refractivity contribution in [3.63, 3.8) is 0 Å². The van der Waals surface area contributed by atoms with Crippen molar-refractivity contribution in [2.75, 3.05) is 25.0 Å². The summed E-state index contributed by atoms with van der Waals surface area (Å²) in [5.74, 6) is -1.02. The minimum atomic E-state index is -0.908. The van der Waals surface area contributed by atoms with Crippen molar-refractivity contribution in [1.29, 1.82) is 0 Å². The summed E-state index contributed by atoms with van der Waals surface area (Å²) in [4.78, 5) is 25.0. The predicted octanol–water partition coefficient (Wildman–Crippen LogP) is 1.96. The molecule has 1 aromatic rings. The third-order valence-electron chi connectivity index (χ3n) is 3.62. The molecule has 0 spiro atoms. The molecular weight excluding hydrogens is 268 g/mol. The van der Waals surface area contributed by atoms with Crippen LogP contribution < -0.4 is 5.32 Å². The number of anilines is 1. The molecule has 0 atom stereocenters.